The topological polar surface area (TPSA) is 55.8 Å². The first kappa shape index (κ1) is 15.3. The third kappa shape index (κ3) is 4.13. The van der Waals surface area contributed by atoms with Crippen molar-refractivity contribution in [3.05, 3.63) is 22.7 Å². The lowest BCUT2D eigenvalue weighted by Gasteiger charge is -2.17. The fourth-order valence-electron chi connectivity index (χ4n) is 1.39. The van der Waals surface area contributed by atoms with Crippen LogP contribution in [0, 0.1) is 0 Å². The molecular weight excluding hydrogens is 270 g/mol. The smallest absolute Gasteiger partial charge is 0.219 e. The van der Waals surface area contributed by atoms with Gasteiger partial charge in [-0.1, -0.05) is 11.6 Å². The van der Waals surface area contributed by atoms with Gasteiger partial charge in [-0.05, 0) is 12.1 Å². The lowest BCUT2D eigenvalue weighted by Crippen LogP contribution is -2.28. The molecule has 0 aliphatic carbocycles. The zero-order valence-electron chi connectivity index (χ0n) is 11.1. The fourth-order valence-corrected chi connectivity index (χ4v) is 1.66. The summed E-state index contributed by atoms with van der Waals surface area (Å²) < 4.78 is 10.6. The van der Waals surface area contributed by atoms with Crippen molar-refractivity contribution in [1.29, 1.82) is 0 Å². The van der Waals surface area contributed by atoms with Crippen LogP contribution in [0.15, 0.2) is 12.1 Å². The molecule has 0 spiro atoms. The molecule has 0 saturated heterocycles. The molecule has 104 valence electrons. The van der Waals surface area contributed by atoms with Crippen molar-refractivity contribution in [3.8, 4) is 11.5 Å². The van der Waals surface area contributed by atoms with Crippen LogP contribution in [0.1, 0.15) is 17.3 Å². The molecular formula is C13H16ClNO4. The number of carbonyl (C=O) groups excluding carboxylic acids is 2. The molecule has 1 rings (SSSR count). The Labute approximate surface area is 117 Å². The second-order valence-corrected chi connectivity index (χ2v) is 4.35. The molecule has 19 heavy (non-hydrogen) atoms. The van der Waals surface area contributed by atoms with Crippen LogP contribution in [0.5, 0.6) is 11.5 Å². The van der Waals surface area contributed by atoms with Crippen LogP contribution in [-0.2, 0) is 4.79 Å². The first-order valence-corrected chi connectivity index (χ1v) is 6.04. The van der Waals surface area contributed by atoms with Gasteiger partial charge in [-0.2, -0.15) is 0 Å². The van der Waals surface area contributed by atoms with E-state index >= 15 is 0 Å². The largest absolute Gasteiger partial charge is 0.493 e. The average molecular weight is 286 g/mol. The minimum Gasteiger partial charge on any atom is -0.493 e. The van der Waals surface area contributed by atoms with E-state index in [2.05, 4.69) is 0 Å². The molecule has 0 aliphatic rings. The summed E-state index contributed by atoms with van der Waals surface area (Å²) in [5, 5.41) is 0.298. The molecule has 6 heteroatoms. The standard InChI is InChI=1S/C13H16ClNO4/c1-9(17)15(2)4-5-19-13-11(14)6-10(8-16)7-12(13)18-3/h6-8H,4-5H2,1-3H3. The maximum Gasteiger partial charge on any atom is 0.219 e. The van der Waals surface area contributed by atoms with E-state index < -0.39 is 0 Å². The molecule has 0 unspecified atom stereocenters. The van der Waals surface area contributed by atoms with Crippen LogP contribution >= 0.6 is 11.6 Å². The summed E-state index contributed by atoms with van der Waals surface area (Å²) >= 11 is 6.03. The SMILES string of the molecule is COc1cc(C=O)cc(Cl)c1OCCN(C)C(C)=O. The van der Waals surface area contributed by atoms with Gasteiger partial charge < -0.3 is 14.4 Å². The molecule has 0 atom stereocenters. The highest BCUT2D eigenvalue weighted by Crippen LogP contribution is 2.35. The number of rotatable bonds is 6. The van der Waals surface area contributed by atoms with E-state index in [1.807, 2.05) is 0 Å². The van der Waals surface area contributed by atoms with Gasteiger partial charge in [0.2, 0.25) is 5.91 Å². The van der Waals surface area contributed by atoms with E-state index in [0.29, 0.717) is 34.9 Å². The molecule has 1 amide bonds. The molecule has 0 bridgehead atoms. The number of nitrogens with zero attached hydrogens (tertiary/aromatic N) is 1. The lowest BCUT2D eigenvalue weighted by molar-refractivity contribution is -0.127. The minimum atomic E-state index is -0.0436. The van der Waals surface area contributed by atoms with Crippen LogP contribution in [0.25, 0.3) is 0 Å². The third-order valence-electron chi connectivity index (χ3n) is 2.60. The highest BCUT2D eigenvalue weighted by atomic mass is 35.5. The number of carbonyl (C=O) groups is 2. The monoisotopic (exact) mass is 285 g/mol. The first-order valence-electron chi connectivity index (χ1n) is 5.66. The van der Waals surface area contributed by atoms with Gasteiger partial charge in [-0.25, -0.2) is 0 Å². The number of aldehydes is 1. The molecule has 0 fully saturated rings. The summed E-state index contributed by atoms with van der Waals surface area (Å²) in [7, 11) is 3.15. The number of benzene rings is 1. The van der Waals surface area contributed by atoms with Gasteiger partial charge in [0, 0.05) is 19.5 Å². The second-order valence-electron chi connectivity index (χ2n) is 3.94. The zero-order chi connectivity index (χ0) is 14.4. The highest BCUT2D eigenvalue weighted by Gasteiger charge is 2.12. The van der Waals surface area contributed by atoms with E-state index in [1.165, 1.54) is 25.0 Å². The Morgan fingerprint density at radius 3 is 2.68 bits per heavy atom. The van der Waals surface area contributed by atoms with Crippen molar-refractivity contribution in [3.63, 3.8) is 0 Å². The van der Waals surface area contributed by atoms with Crippen molar-refractivity contribution >= 4 is 23.8 Å². The quantitative estimate of drug-likeness (QED) is 0.750. The molecule has 0 saturated carbocycles. The van der Waals surface area contributed by atoms with Crippen molar-refractivity contribution in [2.24, 2.45) is 0 Å². The van der Waals surface area contributed by atoms with Crippen LogP contribution < -0.4 is 9.47 Å². The number of ether oxygens (including phenoxy) is 2. The molecule has 0 heterocycles. The molecule has 5 nitrogen and oxygen atoms in total. The predicted octanol–water partition coefficient (Wildman–Crippen LogP) is 2.02. The van der Waals surface area contributed by atoms with Gasteiger partial charge in [0.15, 0.2) is 11.5 Å². The number of amides is 1. The van der Waals surface area contributed by atoms with E-state index in [1.54, 1.807) is 13.1 Å². The van der Waals surface area contributed by atoms with Gasteiger partial charge in [-0.3, -0.25) is 9.59 Å². The summed E-state index contributed by atoms with van der Waals surface area (Å²) in [5.74, 6) is 0.713. The molecule has 1 aromatic carbocycles. The van der Waals surface area contributed by atoms with Crippen molar-refractivity contribution in [1.82, 2.24) is 4.90 Å². The number of hydrogen-bond donors (Lipinski definition) is 0. The second kappa shape index (κ2) is 6.99. The van der Waals surface area contributed by atoms with Crippen molar-refractivity contribution < 1.29 is 19.1 Å². The van der Waals surface area contributed by atoms with E-state index in [9.17, 15) is 9.59 Å². The summed E-state index contributed by atoms with van der Waals surface area (Å²) in [6.45, 7) is 2.20. The maximum atomic E-state index is 11.0. The van der Waals surface area contributed by atoms with Crippen LogP contribution in [-0.4, -0.2) is 44.4 Å². The van der Waals surface area contributed by atoms with Crippen LogP contribution in [0.4, 0.5) is 0 Å². The van der Waals surface area contributed by atoms with Crippen LogP contribution in [0.3, 0.4) is 0 Å². The predicted molar refractivity (Wildman–Crippen MR) is 72.2 cm³/mol. The Morgan fingerprint density at radius 1 is 1.47 bits per heavy atom. The molecule has 0 aromatic heterocycles. The van der Waals surface area contributed by atoms with Gasteiger partial charge in [-0.15, -0.1) is 0 Å². The van der Waals surface area contributed by atoms with E-state index in [0.717, 1.165) is 0 Å². The number of methoxy groups -OCH3 is 1. The average Bonchev–Trinajstić information content (AvgIpc) is 2.39. The molecule has 0 N–H and O–H groups in total. The van der Waals surface area contributed by atoms with Crippen molar-refractivity contribution in [2.45, 2.75) is 6.92 Å². The highest BCUT2D eigenvalue weighted by molar-refractivity contribution is 6.32. The number of hydrogen-bond acceptors (Lipinski definition) is 4. The number of likely N-dealkylation sites (N-methyl/N-ethyl adjacent to an activating group) is 1. The van der Waals surface area contributed by atoms with Crippen LogP contribution in [0.2, 0.25) is 5.02 Å². The molecule has 0 aliphatic heterocycles. The normalized spacial score (nSPS) is 9.89. The number of halogens is 1. The Morgan fingerprint density at radius 2 is 2.16 bits per heavy atom. The van der Waals surface area contributed by atoms with Gasteiger partial charge in [0.1, 0.15) is 12.9 Å². The van der Waals surface area contributed by atoms with Gasteiger partial charge in [0.05, 0.1) is 18.7 Å². The summed E-state index contributed by atoms with van der Waals surface area (Å²) in [6, 6.07) is 3.05. The Kier molecular flexibility index (Phi) is 5.63. The Balaban J connectivity index is 2.77. The molecule has 1 aromatic rings. The summed E-state index contributed by atoms with van der Waals surface area (Å²) in [6.07, 6.45) is 0.682. The summed E-state index contributed by atoms with van der Waals surface area (Å²) in [4.78, 5) is 23.3. The fraction of sp³-hybridized carbons (Fsp3) is 0.385. The minimum absolute atomic E-state index is 0.0436. The third-order valence-corrected chi connectivity index (χ3v) is 2.88. The first-order chi connectivity index (χ1) is 8.99. The molecule has 0 radical (unpaired) electrons. The van der Waals surface area contributed by atoms with Gasteiger partial charge >= 0.3 is 0 Å². The van der Waals surface area contributed by atoms with Crippen molar-refractivity contribution in [2.75, 3.05) is 27.3 Å². The summed E-state index contributed by atoms with van der Waals surface area (Å²) in [5.41, 5.74) is 0.412. The van der Waals surface area contributed by atoms with E-state index in [-0.39, 0.29) is 12.5 Å². The maximum absolute atomic E-state index is 11.0. The Hall–Kier alpha value is -1.75. The Bertz CT molecular complexity index is 476. The van der Waals surface area contributed by atoms with Gasteiger partial charge in [0.25, 0.3) is 0 Å². The van der Waals surface area contributed by atoms with E-state index in [4.69, 9.17) is 21.1 Å². The lowest BCUT2D eigenvalue weighted by atomic mass is 10.2. The zero-order valence-corrected chi connectivity index (χ0v) is 11.9.